The molecule has 1 unspecified atom stereocenters. The van der Waals surface area contributed by atoms with Gasteiger partial charge in [-0.15, -0.1) is 0 Å². The molecule has 2 aromatic heterocycles. The van der Waals surface area contributed by atoms with Crippen LogP contribution in [0.3, 0.4) is 0 Å². The molecule has 1 saturated heterocycles. The van der Waals surface area contributed by atoms with Gasteiger partial charge in [0.15, 0.2) is 0 Å². The molecule has 0 spiro atoms. The topological polar surface area (TPSA) is 97.2 Å². The Balaban J connectivity index is 1.39. The van der Waals surface area contributed by atoms with Crippen LogP contribution < -0.4 is 10.6 Å². The van der Waals surface area contributed by atoms with Gasteiger partial charge in [0.05, 0.1) is 23.7 Å². The number of amides is 2. The molecule has 3 heterocycles. The molecule has 32 heavy (non-hydrogen) atoms. The summed E-state index contributed by atoms with van der Waals surface area (Å²) in [4.78, 5) is 23.1. The Hall–Kier alpha value is -3.46. The number of hydrogen-bond donors (Lipinski definition) is 2. The highest BCUT2D eigenvalue weighted by Gasteiger charge is 2.33. The highest BCUT2D eigenvalue weighted by atomic mass is 16.5. The van der Waals surface area contributed by atoms with E-state index in [2.05, 4.69) is 31.8 Å². The number of carbonyl (C=O) groups excluding carboxylic acids is 1. The molecule has 1 atom stereocenters. The van der Waals surface area contributed by atoms with Crippen LogP contribution in [0.15, 0.2) is 42.9 Å². The van der Waals surface area contributed by atoms with E-state index in [1.165, 1.54) is 0 Å². The average molecular weight is 436 g/mol. The van der Waals surface area contributed by atoms with Crippen molar-refractivity contribution in [2.45, 2.75) is 46.1 Å². The smallest absolute Gasteiger partial charge is 0.319 e. The van der Waals surface area contributed by atoms with Gasteiger partial charge in [-0.05, 0) is 44.0 Å². The van der Waals surface area contributed by atoms with E-state index in [1.807, 2.05) is 52.2 Å². The average Bonchev–Trinajstić information content (AvgIpc) is 3.15. The Kier molecular flexibility index (Phi) is 6.36. The highest BCUT2D eigenvalue weighted by Crippen LogP contribution is 2.23. The zero-order valence-electron chi connectivity index (χ0n) is 18.9. The maximum atomic E-state index is 12.5. The summed E-state index contributed by atoms with van der Waals surface area (Å²) >= 11 is 0. The van der Waals surface area contributed by atoms with Crippen LogP contribution in [0.5, 0.6) is 0 Å². The van der Waals surface area contributed by atoms with Crippen molar-refractivity contribution >= 4 is 17.7 Å². The normalized spacial score (nSPS) is 15.5. The third kappa shape index (κ3) is 5.05. The molecular weight excluding hydrogens is 406 g/mol. The molecule has 9 heteroatoms. The van der Waals surface area contributed by atoms with Gasteiger partial charge in [-0.25, -0.2) is 14.8 Å². The minimum absolute atomic E-state index is 0.0905. The predicted molar refractivity (Wildman–Crippen MR) is 122 cm³/mol. The molecule has 1 aliphatic heterocycles. The molecule has 0 bridgehead atoms. The molecular formula is C23H29N7O2. The first-order chi connectivity index (χ1) is 15.4. The van der Waals surface area contributed by atoms with Gasteiger partial charge in [0, 0.05) is 44.5 Å². The van der Waals surface area contributed by atoms with Crippen LogP contribution in [0.4, 0.5) is 16.4 Å². The second kappa shape index (κ2) is 9.35. The summed E-state index contributed by atoms with van der Waals surface area (Å²) in [6.07, 6.45) is 6.18. The van der Waals surface area contributed by atoms with Crippen LogP contribution in [0.25, 0.3) is 11.3 Å². The molecule has 1 aliphatic rings. The standard InChI is InChI=1S/C23H29N7O2/c1-15(2)32-21-8-10-30(21)23(31)25-12-18-6-5-17(11-16(18)3)20-7-9-24-22(28-20)27-19-13-26-29(4)14-19/h5-7,9,11,13-15,21H,8,10,12H2,1-4H3,(H,25,31)(H,24,27,28). The summed E-state index contributed by atoms with van der Waals surface area (Å²) in [5.74, 6) is 0.511. The molecule has 1 aromatic carbocycles. The summed E-state index contributed by atoms with van der Waals surface area (Å²) in [5, 5.41) is 10.3. The van der Waals surface area contributed by atoms with Crippen molar-refractivity contribution in [1.29, 1.82) is 0 Å². The number of aryl methyl sites for hydroxylation is 2. The Morgan fingerprint density at radius 1 is 1.31 bits per heavy atom. The number of rotatable bonds is 7. The van der Waals surface area contributed by atoms with E-state index in [4.69, 9.17) is 4.74 Å². The second-order valence-electron chi connectivity index (χ2n) is 8.21. The first kappa shape index (κ1) is 21.8. The second-order valence-corrected chi connectivity index (χ2v) is 8.21. The number of ether oxygens (including phenoxy) is 1. The number of aromatic nitrogens is 4. The number of carbonyl (C=O) groups is 1. The van der Waals surface area contributed by atoms with Crippen molar-refractivity contribution in [3.05, 3.63) is 54.0 Å². The Labute approximate surface area is 187 Å². The van der Waals surface area contributed by atoms with Gasteiger partial charge in [-0.3, -0.25) is 9.58 Å². The van der Waals surface area contributed by atoms with E-state index in [-0.39, 0.29) is 18.4 Å². The molecule has 3 aromatic rings. The van der Waals surface area contributed by atoms with Gasteiger partial charge < -0.3 is 15.4 Å². The molecule has 0 aliphatic carbocycles. The number of anilines is 2. The zero-order valence-corrected chi connectivity index (χ0v) is 18.9. The number of urea groups is 1. The van der Waals surface area contributed by atoms with Crippen molar-refractivity contribution in [3.63, 3.8) is 0 Å². The predicted octanol–water partition coefficient (Wildman–Crippen LogP) is 3.60. The third-order valence-electron chi connectivity index (χ3n) is 5.34. The van der Waals surface area contributed by atoms with E-state index in [1.54, 1.807) is 22.0 Å². The Morgan fingerprint density at radius 2 is 2.16 bits per heavy atom. The molecule has 168 valence electrons. The number of nitrogens with zero attached hydrogens (tertiary/aromatic N) is 5. The molecule has 2 amide bonds. The molecule has 4 rings (SSSR count). The fourth-order valence-electron chi connectivity index (χ4n) is 3.57. The van der Waals surface area contributed by atoms with Gasteiger partial charge >= 0.3 is 6.03 Å². The number of hydrogen-bond acceptors (Lipinski definition) is 6. The minimum Gasteiger partial charge on any atom is -0.356 e. The molecule has 0 radical (unpaired) electrons. The lowest BCUT2D eigenvalue weighted by Gasteiger charge is -2.41. The SMILES string of the molecule is Cc1cc(-c2ccnc(Nc3cnn(C)c3)n2)ccc1CNC(=O)N1CCC1OC(C)C. The molecule has 0 saturated carbocycles. The monoisotopic (exact) mass is 435 g/mol. The third-order valence-corrected chi connectivity index (χ3v) is 5.34. The van der Waals surface area contributed by atoms with Crippen LogP contribution in [0, 0.1) is 6.92 Å². The summed E-state index contributed by atoms with van der Waals surface area (Å²) in [6, 6.07) is 7.90. The van der Waals surface area contributed by atoms with E-state index in [0.29, 0.717) is 12.5 Å². The van der Waals surface area contributed by atoms with E-state index >= 15 is 0 Å². The van der Waals surface area contributed by atoms with Crippen molar-refractivity contribution in [3.8, 4) is 11.3 Å². The number of likely N-dealkylation sites (tertiary alicyclic amines) is 1. The summed E-state index contributed by atoms with van der Waals surface area (Å²) in [7, 11) is 1.86. The minimum atomic E-state index is -0.120. The van der Waals surface area contributed by atoms with E-state index < -0.39 is 0 Å². The Bertz CT molecular complexity index is 1100. The zero-order chi connectivity index (χ0) is 22.7. The Morgan fingerprint density at radius 3 is 2.81 bits per heavy atom. The van der Waals surface area contributed by atoms with Gasteiger partial charge in [0.1, 0.15) is 6.23 Å². The maximum Gasteiger partial charge on any atom is 0.319 e. The lowest BCUT2D eigenvalue weighted by molar-refractivity contribution is -0.119. The molecule has 1 fully saturated rings. The van der Waals surface area contributed by atoms with Crippen LogP contribution in [-0.2, 0) is 18.3 Å². The van der Waals surface area contributed by atoms with Crippen molar-refractivity contribution in [1.82, 2.24) is 30.0 Å². The summed E-state index contributed by atoms with van der Waals surface area (Å²) in [6.45, 7) is 7.19. The molecule has 9 nitrogen and oxygen atoms in total. The van der Waals surface area contributed by atoms with Crippen LogP contribution >= 0.6 is 0 Å². The van der Waals surface area contributed by atoms with Crippen molar-refractivity contribution in [2.75, 3.05) is 11.9 Å². The van der Waals surface area contributed by atoms with Crippen LogP contribution in [-0.4, -0.2) is 49.6 Å². The van der Waals surface area contributed by atoms with Gasteiger partial charge in [-0.2, -0.15) is 5.10 Å². The van der Waals surface area contributed by atoms with Crippen LogP contribution in [0.2, 0.25) is 0 Å². The van der Waals surface area contributed by atoms with Crippen molar-refractivity contribution < 1.29 is 9.53 Å². The van der Waals surface area contributed by atoms with Gasteiger partial charge in [-0.1, -0.05) is 12.1 Å². The van der Waals surface area contributed by atoms with E-state index in [0.717, 1.165) is 41.0 Å². The highest BCUT2D eigenvalue weighted by molar-refractivity contribution is 5.75. The first-order valence-electron chi connectivity index (χ1n) is 10.8. The van der Waals surface area contributed by atoms with Gasteiger partial charge in [0.2, 0.25) is 5.95 Å². The first-order valence-corrected chi connectivity index (χ1v) is 10.8. The fraction of sp³-hybridized carbons (Fsp3) is 0.391. The summed E-state index contributed by atoms with van der Waals surface area (Å²) in [5.41, 5.74) is 4.78. The fourth-order valence-corrected chi connectivity index (χ4v) is 3.57. The van der Waals surface area contributed by atoms with Gasteiger partial charge in [0.25, 0.3) is 0 Å². The van der Waals surface area contributed by atoms with Crippen LogP contribution in [0.1, 0.15) is 31.4 Å². The molecule has 2 N–H and O–H groups in total. The van der Waals surface area contributed by atoms with E-state index in [9.17, 15) is 4.79 Å². The quantitative estimate of drug-likeness (QED) is 0.589. The maximum absolute atomic E-state index is 12.5. The lowest BCUT2D eigenvalue weighted by atomic mass is 10.0. The lowest BCUT2D eigenvalue weighted by Crippen LogP contribution is -2.56. The van der Waals surface area contributed by atoms with Crippen molar-refractivity contribution in [2.24, 2.45) is 7.05 Å². The number of benzene rings is 1. The largest absolute Gasteiger partial charge is 0.356 e. The number of nitrogens with one attached hydrogen (secondary N) is 2. The summed E-state index contributed by atoms with van der Waals surface area (Å²) < 4.78 is 7.47.